The Balaban J connectivity index is 1.97. The van der Waals surface area contributed by atoms with Gasteiger partial charge in [-0.1, -0.05) is 13.8 Å². The van der Waals surface area contributed by atoms with Gasteiger partial charge in [-0.3, -0.25) is 4.79 Å². The molecule has 1 aliphatic carbocycles. The molecule has 3 heteroatoms. The maximum Gasteiger partial charge on any atom is 0.225 e. The van der Waals surface area contributed by atoms with Crippen LogP contribution in [0.4, 0.5) is 0 Å². The van der Waals surface area contributed by atoms with Gasteiger partial charge in [-0.15, -0.1) is 0 Å². The van der Waals surface area contributed by atoms with E-state index in [1.54, 1.807) is 0 Å². The molecule has 1 saturated carbocycles. The van der Waals surface area contributed by atoms with Crippen molar-refractivity contribution in [2.24, 2.45) is 17.6 Å². The standard InChI is InChI=1S/C15H28N2O/c1-3-13-6-4-5-9-17(13)15(18)12-8-7-11(2)14(16)10-12/h11-14H,3-10,16H2,1-2H3. The molecule has 1 amide bonds. The molecule has 0 aromatic carbocycles. The van der Waals surface area contributed by atoms with E-state index in [9.17, 15) is 4.79 Å². The minimum atomic E-state index is 0.198. The van der Waals surface area contributed by atoms with Gasteiger partial charge in [0.05, 0.1) is 0 Å². The van der Waals surface area contributed by atoms with E-state index >= 15 is 0 Å². The average Bonchev–Trinajstić information content (AvgIpc) is 2.41. The fourth-order valence-corrected chi connectivity index (χ4v) is 3.53. The van der Waals surface area contributed by atoms with Gasteiger partial charge in [0, 0.05) is 24.5 Å². The second kappa shape index (κ2) is 6.05. The topological polar surface area (TPSA) is 46.3 Å². The zero-order valence-electron chi connectivity index (χ0n) is 11.9. The molecule has 0 bridgehead atoms. The van der Waals surface area contributed by atoms with E-state index in [4.69, 9.17) is 5.73 Å². The Morgan fingerprint density at radius 3 is 2.72 bits per heavy atom. The van der Waals surface area contributed by atoms with Gasteiger partial charge < -0.3 is 10.6 Å². The molecule has 2 rings (SSSR count). The molecule has 1 aliphatic heterocycles. The molecule has 0 radical (unpaired) electrons. The highest BCUT2D eigenvalue weighted by molar-refractivity contribution is 5.79. The lowest BCUT2D eigenvalue weighted by Gasteiger charge is -2.40. The summed E-state index contributed by atoms with van der Waals surface area (Å²) in [4.78, 5) is 14.8. The fraction of sp³-hybridized carbons (Fsp3) is 0.933. The third kappa shape index (κ3) is 2.87. The maximum absolute atomic E-state index is 12.6. The molecule has 1 heterocycles. The van der Waals surface area contributed by atoms with E-state index in [1.807, 2.05) is 0 Å². The third-order valence-corrected chi connectivity index (χ3v) is 4.99. The molecule has 0 aromatic rings. The van der Waals surface area contributed by atoms with Crippen LogP contribution in [0.25, 0.3) is 0 Å². The first-order chi connectivity index (χ1) is 8.63. The summed E-state index contributed by atoms with van der Waals surface area (Å²) in [7, 11) is 0. The van der Waals surface area contributed by atoms with E-state index in [0.717, 1.165) is 32.2 Å². The number of likely N-dealkylation sites (tertiary alicyclic amines) is 1. The van der Waals surface area contributed by atoms with Crippen molar-refractivity contribution >= 4 is 5.91 Å². The second-order valence-electron chi connectivity index (χ2n) is 6.24. The van der Waals surface area contributed by atoms with Crippen molar-refractivity contribution in [1.29, 1.82) is 0 Å². The van der Waals surface area contributed by atoms with Crippen LogP contribution >= 0.6 is 0 Å². The molecule has 2 fully saturated rings. The molecular formula is C15H28N2O. The van der Waals surface area contributed by atoms with Crippen LogP contribution in [0.3, 0.4) is 0 Å². The summed E-state index contributed by atoms with van der Waals surface area (Å²) in [5, 5.41) is 0. The molecule has 18 heavy (non-hydrogen) atoms. The zero-order chi connectivity index (χ0) is 13.1. The highest BCUT2D eigenvalue weighted by Gasteiger charge is 2.34. The highest BCUT2D eigenvalue weighted by atomic mass is 16.2. The van der Waals surface area contributed by atoms with Crippen molar-refractivity contribution in [3.8, 4) is 0 Å². The largest absolute Gasteiger partial charge is 0.339 e. The predicted octanol–water partition coefficient (Wildman–Crippen LogP) is 2.54. The van der Waals surface area contributed by atoms with Gasteiger partial charge in [0.2, 0.25) is 5.91 Å². The molecule has 4 atom stereocenters. The summed E-state index contributed by atoms with van der Waals surface area (Å²) in [6.45, 7) is 5.38. The molecule has 0 spiro atoms. The van der Waals surface area contributed by atoms with Crippen molar-refractivity contribution in [1.82, 2.24) is 4.90 Å². The number of carbonyl (C=O) groups is 1. The first-order valence-electron chi connectivity index (χ1n) is 7.69. The van der Waals surface area contributed by atoms with Crippen LogP contribution < -0.4 is 5.73 Å². The first kappa shape index (κ1) is 13.9. The predicted molar refractivity (Wildman–Crippen MR) is 74.1 cm³/mol. The smallest absolute Gasteiger partial charge is 0.225 e. The number of nitrogens with zero attached hydrogens (tertiary/aromatic N) is 1. The number of piperidine rings is 1. The van der Waals surface area contributed by atoms with Gasteiger partial charge in [-0.05, 0) is 50.9 Å². The van der Waals surface area contributed by atoms with Crippen LogP contribution in [-0.4, -0.2) is 29.4 Å². The van der Waals surface area contributed by atoms with E-state index in [0.29, 0.717) is 17.9 Å². The number of amides is 1. The number of rotatable bonds is 2. The Bertz CT molecular complexity index is 292. The van der Waals surface area contributed by atoms with Crippen molar-refractivity contribution in [2.45, 2.75) is 70.9 Å². The van der Waals surface area contributed by atoms with Gasteiger partial charge >= 0.3 is 0 Å². The third-order valence-electron chi connectivity index (χ3n) is 4.99. The van der Waals surface area contributed by atoms with Crippen LogP contribution in [0, 0.1) is 11.8 Å². The molecule has 2 aliphatic rings. The Morgan fingerprint density at radius 2 is 2.06 bits per heavy atom. The average molecular weight is 252 g/mol. The summed E-state index contributed by atoms with van der Waals surface area (Å²) < 4.78 is 0. The minimum absolute atomic E-state index is 0.198. The molecule has 0 aromatic heterocycles. The van der Waals surface area contributed by atoms with Crippen molar-refractivity contribution in [3.63, 3.8) is 0 Å². The monoisotopic (exact) mass is 252 g/mol. The van der Waals surface area contributed by atoms with Crippen LogP contribution in [0.2, 0.25) is 0 Å². The number of carbonyl (C=O) groups excluding carboxylic acids is 1. The highest BCUT2D eigenvalue weighted by Crippen LogP contribution is 2.31. The number of nitrogens with two attached hydrogens (primary N) is 1. The van der Waals surface area contributed by atoms with Gasteiger partial charge in [-0.25, -0.2) is 0 Å². The van der Waals surface area contributed by atoms with Crippen molar-refractivity contribution in [2.75, 3.05) is 6.54 Å². The minimum Gasteiger partial charge on any atom is -0.339 e. The van der Waals surface area contributed by atoms with Gasteiger partial charge in [0.25, 0.3) is 0 Å². The van der Waals surface area contributed by atoms with Gasteiger partial charge in [-0.2, -0.15) is 0 Å². The molecule has 1 saturated heterocycles. The Labute approximate surface area is 111 Å². The lowest BCUT2D eigenvalue weighted by atomic mass is 9.78. The molecule has 104 valence electrons. The quantitative estimate of drug-likeness (QED) is 0.821. The Morgan fingerprint density at radius 1 is 1.28 bits per heavy atom. The van der Waals surface area contributed by atoms with E-state index in [1.165, 1.54) is 19.3 Å². The summed E-state index contributed by atoms with van der Waals surface area (Å²) in [5.41, 5.74) is 6.13. The van der Waals surface area contributed by atoms with Crippen LogP contribution in [0.15, 0.2) is 0 Å². The molecule has 4 unspecified atom stereocenters. The number of hydrogen-bond donors (Lipinski definition) is 1. The number of hydrogen-bond acceptors (Lipinski definition) is 2. The summed E-state index contributed by atoms with van der Waals surface area (Å²) in [5.74, 6) is 1.17. The lowest BCUT2D eigenvalue weighted by molar-refractivity contribution is -0.140. The van der Waals surface area contributed by atoms with Crippen LogP contribution in [0.5, 0.6) is 0 Å². The first-order valence-corrected chi connectivity index (χ1v) is 7.69. The van der Waals surface area contributed by atoms with Gasteiger partial charge in [0.1, 0.15) is 0 Å². The van der Waals surface area contributed by atoms with Gasteiger partial charge in [0.15, 0.2) is 0 Å². The fourth-order valence-electron chi connectivity index (χ4n) is 3.53. The molecule has 2 N–H and O–H groups in total. The second-order valence-corrected chi connectivity index (χ2v) is 6.24. The van der Waals surface area contributed by atoms with E-state index < -0.39 is 0 Å². The SMILES string of the molecule is CCC1CCCCN1C(=O)C1CCC(C)C(N)C1. The normalized spacial score (nSPS) is 37.6. The van der Waals surface area contributed by atoms with Crippen LogP contribution in [0.1, 0.15) is 58.8 Å². The van der Waals surface area contributed by atoms with Crippen molar-refractivity contribution in [3.05, 3.63) is 0 Å². The van der Waals surface area contributed by atoms with E-state index in [-0.39, 0.29) is 12.0 Å². The lowest BCUT2D eigenvalue weighted by Crippen LogP contribution is -2.48. The summed E-state index contributed by atoms with van der Waals surface area (Å²) >= 11 is 0. The summed E-state index contributed by atoms with van der Waals surface area (Å²) in [6, 6.07) is 0.708. The van der Waals surface area contributed by atoms with Crippen LogP contribution in [-0.2, 0) is 4.79 Å². The van der Waals surface area contributed by atoms with E-state index in [2.05, 4.69) is 18.7 Å². The van der Waals surface area contributed by atoms with Crippen molar-refractivity contribution < 1.29 is 4.79 Å². The maximum atomic E-state index is 12.6. The zero-order valence-corrected chi connectivity index (χ0v) is 11.9. The molecular weight excluding hydrogens is 224 g/mol. The molecule has 3 nitrogen and oxygen atoms in total. The Hall–Kier alpha value is -0.570. The Kier molecular flexibility index (Phi) is 4.66. The summed E-state index contributed by atoms with van der Waals surface area (Å²) in [6.07, 6.45) is 7.80.